The minimum atomic E-state index is -0.0948. The van der Waals surface area contributed by atoms with Crippen molar-refractivity contribution in [3.05, 3.63) is 35.4 Å². The molecule has 0 fully saturated rings. The maximum atomic E-state index is 11.8. The summed E-state index contributed by atoms with van der Waals surface area (Å²) in [5, 5.41) is 5.96. The number of carbonyl (C=O) groups is 1. The van der Waals surface area contributed by atoms with Crippen molar-refractivity contribution in [2.45, 2.75) is 25.7 Å². The van der Waals surface area contributed by atoms with Gasteiger partial charge in [0.05, 0.1) is 5.56 Å². The molecule has 0 bridgehead atoms. The summed E-state index contributed by atoms with van der Waals surface area (Å²) in [5.41, 5.74) is 9.39. The van der Waals surface area contributed by atoms with Crippen molar-refractivity contribution in [3.8, 4) is 0 Å². The van der Waals surface area contributed by atoms with Gasteiger partial charge in [-0.1, -0.05) is 11.6 Å². The third kappa shape index (κ3) is 3.50. The average molecular weight is 259 g/mol. The van der Waals surface area contributed by atoms with Crippen molar-refractivity contribution < 1.29 is 4.79 Å². The molecule has 1 aromatic rings. The molecule has 19 heavy (non-hydrogen) atoms. The predicted octanol–water partition coefficient (Wildman–Crippen LogP) is 2.54. The summed E-state index contributed by atoms with van der Waals surface area (Å²) in [5.74, 6) is -0.0948. The topological polar surface area (TPSA) is 67.2 Å². The number of rotatable bonds is 5. The number of hydrogen-bond acceptors (Lipinski definition) is 3. The second kappa shape index (κ2) is 6.27. The van der Waals surface area contributed by atoms with Crippen molar-refractivity contribution in [3.63, 3.8) is 0 Å². The van der Waals surface area contributed by atoms with Crippen LogP contribution in [0.1, 0.15) is 36.0 Å². The molecule has 0 atom stereocenters. The van der Waals surface area contributed by atoms with Crippen molar-refractivity contribution in [2.24, 2.45) is 0 Å². The van der Waals surface area contributed by atoms with E-state index in [2.05, 4.69) is 16.7 Å². The Hall–Kier alpha value is -1.97. The molecule has 4 nitrogen and oxygen atoms in total. The second-order valence-electron chi connectivity index (χ2n) is 4.82. The van der Waals surface area contributed by atoms with Crippen LogP contribution in [0.25, 0.3) is 0 Å². The molecule has 0 saturated heterocycles. The number of anilines is 2. The number of hydrogen-bond donors (Lipinski definition) is 3. The molecule has 0 radical (unpaired) electrons. The predicted molar refractivity (Wildman–Crippen MR) is 79.3 cm³/mol. The molecule has 1 aliphatic rings. The first-order valence-electron chi connectivity index (χ1n) is 6.74. The molecule has 0 heterocycles. The van der Waals surface area contributed by atoms with Crippen LogP contribution in [0.3, 0.4) is 0 Å². The fraction of sp³-hybridized carbons (Fsp3) is 0.400. The van der Waals surface area contributed by atoms with E-state index in [0.29, 0.717) is 11.3 Å². The van der Waals surface area contributed by atoms with Crippen molar-refractivity contribution in [1.29, 1.82) is 0 Å². The van der Waals surface area contributed by atoms with Crippen LogP contribution in [0.15, 0.2) is 29.8 Å². The fourth-order valence-corrected chi connectivity index (χ4v) is 2.36. The minimum absolute atomic E-state index is 0.0948. The van der Waals surface area contributed by atoms with Crippen LogP contribution < -0.4 is 16.4 Å². The Bertz CT molecular complexity index is 494. The minimum Gasteiger partial charge on any atom is -0.399 e. The van der Waals surface area contributed by atoms with Gasteiger partial charge in [-0.2, -0.15) is 0 Å². The molecule has 0 spiro atoms. The summed E-state index contributed by atoms with van der Waals surface area (Å²) in [4.78, 5) is 11.8. The fourth-order valence-electron chi connectivity index (χ4n) is 2.36. The number of nitrogens with one attached hydrogen (secondary N) is 2. The Kier molecular flexibility index (Phi) is 4.44. The summed E-state index contributed by atoms with van der Waals surface area (Å²) in [6, 6.07) is 5.31. The molecular formula is C15H21N3O. The van der Waals surface area contributed by atoms with Gasteiger partial charge in [0.1, 0.15) is 0 Å². The molecule has 102 valence electrons. The van der Waals surface area contributed by atoms with Crippen LogP contribution in [-0.4, -0.2) is 19.5 Å². The number of benzene rings is 1. The highest BCUT2D eigenvalue weighted by Crippen LogP contribution is 2.22. The summed E-state index contributed by atoms with van der Waals surface area (Å²) < 4.78 is 0. The van der Waals surface area contributed by atoms with Crippen molar-refractivity contribution in [2.75, 3.05) is 24.6 Å². The van der Waals surface area contributed by atoms with E-state index in [-0.39, 0.29) is 5.91 Å². The van der Waals surface area contributed by atoms with Gasteiger partial charge < -0.3 is 16.4 Å². The van der Waals surface area contributed by atoms with Gasteiger partial charge in [-0.05, 0) is 43.9 Å². The number of carbonyl (C=O) groups excluding carboxylic acids is 1. The summed E-state index contributed by atoms with van der Waals surface area (Å²) >= 11 is 0. The molecule has 2 rings (SSSR count). The van der Waals surface area contributed by atoms with E-state index in [9.17, 15) is 4.79 Å². The molecule has 0 aliphatic heterocycles. The lowest BCUT2D eigenvalue weighted by Crippen LogP contribution is -2.20. The largest absolute Gasteiger partial charge is 0.399 e. The zero-order valence-corrected chi connectivity index (χ0v) is 11.3. The normalized spacial score (nSPS) is 14.1. The first-order valence-corrected chi connectivity index (χ1v) is 6.74. The first kappa shape index (κ1) is 13.5. The van der Waals surface area contributed by atoms with Gasteiger partial charge in [-0.3, -0.25) is 4.79 Å². The molecule has 0 aromatic heterocycles. The average Bonchev–Trinajstić information content (AvgIpc) is 2.91. The Labute approximate surface area is 114 Å². The Morgan fingerprint density at radius 1 is 1.42 bits per heavy atom. The lowest BCUT2D eigenvalue weighted by molar-refractivity contribution is 0.0964. The maximum absolute atomic E-state index is 11.8. The van der Waals surface area contributed by atoms with Gasteiger partial charge in [0.15, 0.2) is 0 Å². The van der Waals surface area contributed by atoms with Gasteiger partial charge in [0.2, 0.25) is 0 Å². The van der Waals surface area contributed by atoms with Crippen LogP contribution in [0.5, 0.6) is 0 Å². The quantitative estimate of drug-likeness (QED) is 0.562. The lowest BCUT2D eigenvalue weighted by atomic mass is 10.1. The zero-order valence-electron chi connectivity index (χ0n) is 11.3. The molecule has 0 saturated carbocycles. The standard InChI is InChI=1S/C15H21N3O/c1-17-15(19)13-7-6-12(16)10-14(13)18-9-8-11-4-2-3-5-11/h4,6-7,10,18H,2-3,5,8-9,16H2,1H3,(H,17,19). The number of allylic oxidation sites excluding steroid dienone is 1. The number of nitrogen functional groups attached to an aromatic ring is 1. The smallest absolute Gasteiger partial charge is 0.253 e. The van der Waals surface area contributed by atoms with Crippen LogP contribution in [-0.2, 0) is 0 Å². The third-order valence-electron chi connectivity index (χ3n) is 3.41. The highest BCUT2D eigenvalue weighted by atomic mass is 16.1. The summed E-state index contributed by atoms with van der Waals surface area (Å²) in [6.07, 6.45) is 7.04. The van der Waals surface area contributed by atoms with E-state index < -0.39 is 0 Å². The summed E-state index contributed by atoms with van der Waals surface area (Å²) in [6.45, 7) is 0.833. The first-order chi connectivity index (χ1) is 9.20. The van der Waals surface area contributed by atoms with Gasteiger partial charge in [0.25, 0.3) is 5.91 Å². The zero-order chi connectivity index (χ0) is 13.7. The van der Waals surface area contributed by atoms with Crippen LogP contribution in [0.2, 0.25) is 0 Å². The van der Waals surface area contributed by atoms with E-state index in [1.165, 1.54) is 24.8 Å². The molecule has 4 N–H and O–H groups in total. The SMILES string of the molecule is CNC(=O)c1ccc(N)cc1NCCC1=CCCC1. The highest BCUT2D eigenvalue weighted by molar-refractivity contribution is 6.00. The van der Waals surface area contributed by atoms with Gasteiger partial charge in [-0.15, -0.1) is 0 Å². The third-order valence-corrected chi connectivity index (χ3v) is 3.41. The van der Waals surface area contributed by atoms with E-state index in [1.807, 2.05) is 6.07 Å². The van der Waals surface area contributed by atoms with Crippen LogP contribution in [0.4, 0.5) is 11.4 Å². The Balaban J connectivity index is 2.01. The highest BCUT2D eigenvalue weighted by Gasteiger charge is 2.10. The molecular weight excluding hydrogens is 238 g/mol. The molecule has 0 unspecified atom stereocenters. The second-order valence-corrected chi connectivity index (χ2v) is 4.82. The monoisotopic (exact) mass is 259 g/mol. The van der Waals surface area contributed by atoms with Crippen molar-refractivity contribution >= 4 is 17.3 Å². The Morgan fingerprint density at radius 2 is 2.26 bits per heavy atom. The van der Waals surface area contributed by atoms with Gasteiger partial charge in [0, 0.05) is 25.0 Å². The van der Waals surface area contributed by atoms with E-state index >= 15 is 0 Å². The number of nitrogens with two attached hydrogens (primary N) is 1. The molecule has 1 aliphatic carbocycles. The lowest BCUT2D eigenvalue weighted by Gasteiger charge is -2.12. The maximum Gasteiger partial charge on any atom is 0.253 e. The van der Waals surface area contributed by atoms with Crippen molar-refractivity contribution in [1.82, 2.24) is 5.32 Å². The molecule has 4 heteroatoms. The number of amides is 1. The molecule has 1 aromatic carbocycles. The van der Waals surface area contributed by atoms with E-state index in [0.717, 1.165) is 18.7 Å². The van der Waals surface area contributed by atoms with E-state index in [4.69, 9.17) is 5.73 Å². The van der Waals surface area contributed by atoms with E-state index in [1.54, 1.807) is 19.2 Å². The van der Waals surface area contributed by atoms with Gasteiger partial charge >= 0.3 is 0 Å². The van der Waals surface area contributed by atoms with Crippen LogP contribution in [0, 0.1) is 0 Å². The Morgan fingerprint density at radius 3 is 2.95 bits per heavy atom. The van der Waals surface area contributed by atoms with Crippen LogP contribution >= 0.6 is 0 Å². The van der Waals surface area contributed by atoms with Gasteiger partial charge in [-0.25, -0.2) is 0 Å². The summed E-state index contributed by atoms with van der Waals surface area (Å²) in [7, 11) is 1.63. The molecule has 1 amide bonds.